The summed E-state index contributed by atoms with van der Waals surface area (Å²) < 4.78 is 38.7. The predicted octanol–water partition coefficient (Wildman–Crippen LogP) is -0.244. The number of rotatable bonds is 6. The molecule has 0 bridgehead atoms. The maximum Gasteiger partial charge on any atom is 0.295 e. The van der Waals surface area contributed by atoms with E-state index in [1.165, 1.54) is 25.5 Å². The van der Waals surface area contributed by atoms with E-state index >= 15 is 0 Å². The van der Waals surface area contributed by atoms with Gasteiger partial charge in [-0.25, -0.2) is 13.8 Å². The van der Waals surface area contributed by atoms with E-state index in [2.05, 4.69) is 10.5 Å². The lowest BCUT2D eigenvalue weighted by molar-refractivity contribution is -0.862. The summed E-state index contributed by atoms with van der Waals surface area (Å²) in [5, 5.41) is 3.73. The minimum Gasteiger partial charge on any atom is -0.744 e. The first-order valence-corrected chi connectivity index (χ1v) is 7.70. The third-order valence-electron chi connectivity index (χ3n) is 2.48. The molecule has 0 fully saturated rings. The molecule has 0 heterocycles. The molecule has 1 N–H and O–H groups in total. The van der Waals surface area contributed by atoms with Crippen molar-refractivity contribution >= 4 is 22.2 Å². The lowest BCUT2D eigenvalue weighted by Crippen LogP contribution is -2.43. The molecule has 8 nitrogen and oxygen atoms in total. The fourth-order valence-corrected chi connectivity index (χ4v) is 2.29. The molecule has 0 atom stereocenters. The van der Waals surface area contributed by atoms with Crippen LogP contribution in [0.15, 0.2) is 28.2 Å². The number of hydrazone groups is 1. The molecule has 9 heteroatoms. The van der Waals surface area contributed by atoms with Crippen molar-refractivity contribution in [2.75, 3.05) is 34.8 Å². The van der Waals surface area contributed by atoms with Crippen LogP contribution in [0.1, 0.15) is 5.56 Å². The Morgan fingerprint density at radius 3 is 2.55 bits per heavy atom. The molecule has 122 valence electrons. The van der Waals surface area contributed by atoms with E-state index in [1.54, 1.807) is 0 Å². The minimum atomic E-state index is -4.66. The summed E-state index contributed by atoms with van der Waals surface area (Å²) >= 11 is 0. The largest absolute Gasteiger partial charge is 0.744 e. The average molecular weight is 329 g/mol. The average Bonchev–Trinajstić information content (AvgIpc) is 2.35. The first kappa shape index (κ1) is 18.1. The molecule has 1 aromatic carbocycles. The number of methoxy groups -OCH3 is 1. The van der Waals surface area contributed by atoms with Crippen LogP contribution in [0.5, 0.6) is 5.75 Å². The number of hydrogen-bond acceptors (Lipinski definition) is 6. The van der Waals surface area contributed by atoms with Crippen molar-refractivity contribution in [3.8, 4) is 5.75 Å². The van der Waals surface area contributed by atoms with Gasteiger partial charge in [0.25, 0.3) is 5.91 Å². The normalized spacial score (nSPS) is 12.4. The maximum atomic E-state index is 11.6. The molecular weight excluding hydrogens is 310 g/mol. The lowest BCUT2D eigenvalue weighted by atomic mass is 10.2. The summed E-state index contributed by atoms with van der Waals surface area (Å²) in [5.41, 5.74) is 2.68. The Hall–Kier alpha value is -1.97. The molecule has 0 radical (unpaired) electrons. The number of quaternary nitrogens is 1. The highest BCUT2D eigenvalue weighted by molar-refractivity contribution is 7.85. The molecule has 0 spiro atoms. The summed E-state index contributed by atoms with van der Waals surface area (Å²) in [6, 6.07) is 4.00. The molecule has 0 aromatic heterocycles. The third-order valence-corrected chi connectivity index (χ3v) is 3.34. The Morgan fingerprint density at radius 1 is 1.41 bits per heavy atom. The molecule has 22 heavy (non-hydrogen) atoms. The smallest absolute Gasteiger partial charge is 0.295 e. The van der Waals surface area contributed by atoms with Crippen molar-refractivity contribution < 1.29 is 27.0 Å². The Kier molecular flexibility index (Phi) is 5.64. The van der Waals surface area contributed by atoms with Crippen molar-refractivity contribution in [2.24, 2.45) is 5.10 Å². The summed E-state index contributed by atoms with van der Waals surface area (Å²) in [6.07, 6.45) is 1.25. The van der Waals surface area contributed by atoms with Crippen LogP contribution < -0.4 is 10.2 Å². The van der Waals surface area contributed by atoms with Gasteiger partial charge >= 0.3 is 0 Å². The van der Waals surface area contributed by atoms with E-state index in [0.717, 1.165) is 6.07 Å². The Labute approximate surface area is 129 Å². The fraction of sp³-hybridized carbons (Fsp3) is 0.385. The molecule has 1 amide bonds. The lowest BCUT2D eigenvalue weighted by Gasteiger charge is -2.22. The van der Waals surface area contributed by atoms with Crippen LogP contribution in [0, 0.1) is 0 Å². The number of carbonyl (C=O) groups excluding carboxylic acids is 1. The summed E-state index contributed by atoms with van der Waals surface area (Å²) in [7, 11) is 2.18. The molecule has 0 unspecified atom stereocenters. The summed E-state index contributed by atoms with van der Waals surface area (Å²) in [6.45, 7) is 0.236. The Morgan fingerprint density at radius 2 is 2.05 bits per heavy atom. The monoisotopic (exact) mass is 329 g/mol. The summed E-state index contributed by atoms with van der Waals surface area (Å²) in [4.78, 5) is 11.1. The quantitative estimate of drug-likeness (QED) is 0.335. The number of hydrogen-bond donors (Lipinski definition) is 1. The molecule has 0 saturated carbocycles. The van der Waals surface area contributed by atoms with Crippen LogP contribution in [0.25, 0.3) is 0 Å². The molecule has 0 aliphatic rings. The highest BCUT2D eigenvalue weighted by Gasteiger charge is 2.13. The minimum absolute atomic E-state index is 0.0405. The predicted molar refractivity (Wildman–Crippen MR) is 79.6 cm³/mol. The molecule has 0 aliphatic heterocycles. The highest BCUT2D eigenvalue weighted by atomic mass is 32.2. The molecule has 1 aromatic rings. The van der Waals surface area contributed by atoms with Gasteiger partial charge < -0.3 is 13.8 Å². The van der Waals surface area contributed by atoms with Crippen LogP contribution in [-0.4, -0.2) is 64.4 Å². The van der Waals surface area contributed by atoms with Crippen LogP contribution in [0.3, 0.4) is 0 Å². The number of ether oxygens (including phenoxy) is 1. The maximum absolute atomic E-state index is 11.6. The van der Waals surface area contributed by atoms with Gasteiger partial charge in [-0.3, -0.25) is 4.79 Å². The zero-order valence-corrected chi connectivity index (χ0v) is 13.7. The standard InChI is InChI=1S/C13H19N3O5S/c1-16(2,3)9-13(17)15-14-8-10-5-6-11(21-4)12(7-10)22(18,19)20/h5-8H,9H2,1-4H3,(H-,15,17,18,19,20). The van der Waals surface area contributed by atoms with E-state index in [0.29, 0.717) is 10.0 Å². The number of carbonyl (C=O) groups is 1. The van der Waals surface area contributed by atoms with Crippen LogP contribution >= 0.6 is 0 Å². The number of benzene rings is 1. The van der Waals surface area contributed by atoms with Gasteiger partial charge in [0, 0.05) is 0 Å². The SMILES string of the molecule is COc1ccc(C=NNC(=O)C[N+](C)(C)C)cc1S(=O)(=O)[O-]. The third kappa shape index (κ3) is 5.80. The van der Waals surface area contributed by atoms with Gasteiger partial charge in [-0.2, -0.15) is 5.10 Å². The zero-order valence-electron chi connectivity index (χ0n) is 12.9. The van der Waals surface area contributed by atoms with Crippen LogP contribution in [-0.2, 0) is 14.9 Å². The Balaban J connectivity index is 2.87. The highest BCUT2D eigenvalue weighted by Crippen LogP contribution is 2.23. The first-order chi connectivity index (χ1) is 10.0. The number of nitrogens with zero attached hydrogens (tertiary/aromatic N) is 2. The number of likely N-dealkylation sites (N-methyl/N-ethyl adjacent to an activating group) is 1. The molecule has 1 rings (SSSR count). The van der Waals surface area contributed by atoms with Crippen molar-refractivity contribution in [2.45, 2.75) is 4.90 Å². The Bertz CT molecular complexity index is 677. The second kappa shape index (κ2) is 6.86. The van der Waals surface area contributed by atoms with Crippen molar-refractivity contribution in [1.29, 1.82) is 0 Å². The van der Waals surface area contributed by atoms with Crippen molar-refractivity contribution in [3.63, 3.8) is 0 Å². The van der Waals surface area contributed by atoms with Gasteiger partial charge in [0.2, 0.25) is 0 Å². The van der Waals surface area contributed by atoms with Gasteiger partial charge in [0.15, 0.2) is 6.54 Å². The van der Waals surface area contributed by atoms with Gasteiger partial charge in [0.1, 0.15) is 15.9 Å². The molecule has 0 saturated heterocycles. The molecular formula is C13H19N3O5S. The van der Waals surface area contributed by atoms with Gasteiger partial charge in [-0.15, -0.1) is 0 Å². The van der Waals surface area contributed by atoms with Gasteiger partial charge in [-0.1, -0.05) is 0 Å². The first-order valence-electron chi connectivity index (χ1n) is 6.29. The summed E-state index contributed by atoms with van der Waals surface area (Å²) in [5.74, 6) is -0.324. The van der Waals surface area contributed by atoms with E-state index in [-0.39, 0.29) is 18.2 Å². The van der Waals surface area contributed by atoms with Crippen LogP contribution in [0.4, 0.5) is 0 Å². The van der Waals surface area contributed by atoms with Crippen LogP contribution in [0.2, 0.25) is 0 Å². The fourth-order valence-electron chi connectivity index (χ4n) is 1.61. The van der Waals surface area contributed by atoms with Crippen molar-refractivity contribution in [3.05, 3.63) is 23.8 Å². The van der Waals surface area contributed by atoms with E-state index in [9.17, 15) is 17.8 Å². The van der Waals surface area contributed by atoms with E-state index in [1.807, 2.05) is 21.1 Å². The van der Waals surface area contributed by atoms with Gasteiger partial charge in [0.05, 0.1) is 39.4 Å². The second-order valence-corrected chi connectivity index (χ2v) is 6.95. The number of nitrogens with one attached hydrogen (secondary N) is 1. The zero-order chi connectivity index (χ0) is 17.0. The topological polar surface area (TPSA) is 108 Å². The van der Waals surface area contributed by atoms with Gasteiger partial charge in [-0.05, 0) is 23.8 Å². The van der Waals surface area contributed by atoms with E-state index < -0.39 is 15.0 Å². The molecule has 0 aliphatic carbocycles. The van der Waals surface area contributed by atoms with Crippen molar-refractivity contribution in [1.82, 2.24) is 5.43 Å². The van der Waals surface area contributed by atoms with E-state index in [4.69, 9.17) is 4.74 Å². The second-order valence-electron chi connectivity index (χ2n) is 5.61. The number of amides is 1.